The van der Waals surface area contributed by atoms with Crippen LogP contribution < -0.4 is 11.4 Å². The highest BCUT2D eigenvalue weighted by atomic mass is 32.2. The molecule has 154 valence electrons. The molecule has 2 heterocycles. The maximum atomic E-state index is 13.2. The van der Waals surface area contributed by atoms with Crippen molar-refractivity contribution in [1.29, 1.82) is 0 Å². The van der Waals surface area contributed by atoms with Crippen molar-refractivity contribution in [2.75, 3.05) is 5.75 Å². The van der Waals surface area contributed by atoms with Gasteiger partial charge in [0, 0.05) is 18.0 Å². The molecule has 1 aromatic heterocycles. The highest BCUT2D eigenvalue weighted by Crippen LogP contribution is 2.70. The van der Waals surface area contributed by atoms with E-state index in [1.165, 1.54) is 7.05 Å². The Morgan fingerprint density at radius 1 is 1.32 bits per heavy atom. The molecule has 3 aliphatic rings. The normalized spacial score (nSPS) is 33.1. The number of aromatic amines is 1. The molecular formula is C18H26N4O5S. The minimum absolute atomic E-state index is 0.0241. The summed E-state index contributed by atoms with van der Waals surface area (Å²) < 4.78 is 28.9. The molecular weight excluding hydrogens is 384 g/mol. The van der Waals surface area contributed by atoms with Crippen LogP contribution in [0.2, 0.25) is 0 Å². The van der Waals surface area contributed by atoms with Gasteiger partial charge in [-0.1, -0.05) is 20.4 Å². The van der Waals surface area contributed by atoms with Crippen molar-refractivity contribution in [3.05, 3.63) is 33.1 Å². The van der Waals surface area contributed by atoms with Gasteiger partial charge in [-0.3, -0.25) is 4.79 Å². The van der Waals surface area contributed by atoms with Crippen LogP contribution in [0.3, 0.4) is 0 Å². The number of sulfonamides is 1. The van der Waals surface area contributed by atoms with Gasteiger partial charge in [0.05, 0.1) is 17.8 Å². The number of carbonyl (C=O) groups excluding carboxylic acids is 1. The standard InChI is InChI=1S/C18H26N4O5S/c1-10(11(2)21-16(25)20(5)15(24)19-21)14(23)22-13-8-12-6-7-18(13,17(12,3)4)9-28(22,26)27/h11-13H,1,6-9H2,2-5H3,(H,19,24)/t11-,12-,13-,18-/m0/s1. The Kier molecular flexibility index (Phi) is 3.77. The molecule has 1 aliphatic heterocycles. The molecule has 1 amide bonds. The van der Waals surface area contributed by atoms with Gasteiger partial charge in [-0.05, 0) is 37.5 Å². The van der Waals surface area contributed by atoms with Crippen molar-refractivity contribution < 1.29 is 13.2 Å². The summed E-state index contributed by atoms with van der Waals surface area (Å²) >= 11 is 0. The fraction of sp³-hybridized carbons (Fsp3) is 0.722. The van der Waals surface area contributed by atoms with Crippen LogP contribution in [0.25, 0.3) is 0 Å². The Morgan fingerprint density at radius 3 is 2.50 bits per heavy atom. The number of aromatic nitrogens is 3. The van der Waals surface area contributed by atoms with Gasteiger partial charge in [0.25, 0.3) is 5.91 Å². The van der Waals surface area contributed by atoms with Crippen LogP contribution in [0.15, 0.2) is 21.7 Å². The second-order valence-electron chi connectivity index (χ2n) is 9.05. The third-order valence-electron chi connectivity index (χ3n) is 7.79. The van der Waals surface area contributed by atoms with Gasteiger partial charge in [0.2, 0.25) is 10.0 Å². The molecule has 4 atom stereocenters. The highest BCUT2D eigenvalue weighted by Gasteiger charge is 2.72. The van der Waals surface area contributed by atoms with Crippen molar-refractivity contribution in [2.45, 2.75) is 52.1 Å². The van der Waals surface area contributed by atoms with Gasteiger partial charge in [-0.15, -0.1) is 0 Å². The van der Waals surface area contributed by atoms with E-state index in [0.717, 1.165) is 26.4 Å². The van der Waals surface area contributed by atoms with Gasteiger partial charge >= 0.3 is 11.4 Å². The molecule has 2 bridgehead atoms. The molecule has 9 nitrogen and oxygen atoms in total. The van der Waals surface area contributed by atoms with Crippen molar-refractivity contribution in [2.24, 2.45) is 23.8 Å². The summed E-state index contributed by atoms with van der Waals surface area (Å²) in [5, 5.41) is 2.38. The third kappa shape index (κ3) is 2.12. The molecule has 1 spiro atoms. The first-order valence-corrected chi connectivity index (χ1v) is 11.1. The topological polar surface area (TPSA) is 114 Å². The van der Waals surface area contributed by atoms with Gasteiger partial charge in [0.15, 0.2) is 0 Å². The quantitative estimate of drug-likeness (QED) is 0.723. The molecule has 2 aliphatic carbocycles. The number of fused-ring (bicyclic) bond motifs is 1. The van der Waals surface area contributed by atoms with Crippen molar-refractivity contribution in [1.82, 2.24) is 18.7 Å². The minimum atomic E-state index is -3.78. The number of nitrogens with zero attached hydrogens (tertiary/aromatic N) is 3. The number of hydrogen-bond acceptors (Lipinski definition) is 5. The molecule has 4 rings (SSSR count). The van der Waals surface area contributed by atoms with E-state index in [0.29, 0.717) is 12.3 Å². The van der Waals surface area contributed by atoms with E-state index < -0.39 is 38.8 Å². The molecule has 1 saturated heterocycles. The summed E-state index contributed by atoms with van der Waals surface area (Å²) in [6.45, 7) is 9.55. The number of rotatable bonds is 3. The zero-order valence-electron chi connectivity index (χ0n) is 16.6. The predicted octanol–water partition coefficient (Wildman–Crippen LogP) is 0.359. The van der Waals surface area contributed by atoms with Crippen LogP contribution in [0.5, 0.6) is 0 Å². The fourth-order valence-corrected chi connectivity index (χ4v) is 8.31. The molecule has 0 unspecified atom stereocenters. The Balaban J connectivity index is 1.70. The Hall–Kier alpha value is -2.10. The third-order valence-corrected chi connectivity index (χ3v) is 9.69. The lowest BCUT2D eigenvalue weighted by Crippen LogP contribution is -2.45. The van der Waals surface area contributed by atoms with E-state index in [9.17, 15) is 22.8 Å². The smallest absolute Gasteiger partial charge is 0.268 e. The first-order valence-electron chi connectivity index (χ1n) is 9.48. The number of nitrogens with one attached hydrogen (secondary N) is 1. The predicted molar refractivity (Wildman–Crippen MR) is 102 cm³/mol. The van der Waals surface area contributed by atoms with E-state index in [2.05, 4.69) is 25.5 Å². The molecule has 28 heavy (non-hydrogen) atoms. The number of H-pyrrole nitrogens is 1. The zero-order valence-corrected chi connectivity index (χ0v) is 17.4. The monoisotopic (exact) mass is 410 g/mol. The van der Waals surface area contributed by atoms with Crippen LogP contribution in [0.4, 0.5) is 0 Å². The van der Waals surface area contributed by atoms with Crippen molar-refractivity contribution in [3.8, 4) is 0 Å². The summed E-state index contributed by atoms with van der Waals surface area (Å²) in [5.41, 5.74) is -1.83. The van der Waals surface area contributed by atoms with E-state index in [4.69, 9.17) is 0 Å². The van der Waals surface area contributed by atoms with Crippen LogP contribution in [-0.2, 0) is 21.9 Å². The number of hydrogen-bond donors (Lipinski definition) is 1. The van der Waals surface area contributed by atoms with Crippen molar-refractivity contribution >= 4 is 15.9 Å². The van der Waals surface area contributed by atoms with E-state index in [1.54, 1.807) is 6.92 Å². The molecule has 0 aromatic carbocycles. The lowest BCUT2D eigenvalue weighted by molar-refractivity contribution is -0.125. The fourth-order valence-electron chi connectivity index (χ4n) is 5.77. The Labute approximate surface area is 163 Å². The second kappa shape index (κ2) is 5.49. The van der Waals surface area contributed by atoms with Crippen molar-refractivity contribution in [3.63, 3.8) is 0 Å². The summed E-state index contributed by atoms with van der Waals surface area (Å²) in [6.07, 6.45) is 2.45. The summed E-state index contributed by atoms with van der Waals surface area (Å²) in [5.74, 6) is -0.319. The lowest BCUT2D eigenvalue weighted by atomic mass is 9.69. The second-order valence-corrected chi connectivity index (χ2v) is 10.9. The van der Waals surface area contributed by atoms with Gasteiger partial charge in [-0.2, -0.15) is 0 Å². The molecule has 2 saturated carbocycles. The number of carbonyl (C=O) groups is 1. The summed E-state index contributed by atoms with van der Waals surface area (Å²) in [4.78, 5) is 37.1. The van der Waals surface area contributed by atoms with Gasteiger partial charge in [0.1, 0.15) is 0 Å². The van der Waals surface area contributed by atoms with E-state index in [-0.39, 0.29) is 22.8 Å². The summed E-state index contributed by atoms with van der Waals surface area (Å²) in [6, 6.07) is -1.23. The SMILES string of the molecule is C=C(C(=O)N1[C@H]2C[C@@H]3CC[C@@]2(CS1(=O)=O)C3(C)C)[C@H](C)n1[nH]c(=O)n(C)c1=O. The van der Waals surface area contributed by atoms with Crippen LogP contribution in [-0.4, -0.2) is 44.8 Å². The number of amides is 1. The van der Waals surface area contributed by atoms with Crippen LogP contribution >= 0.6 is 0 Å². The first-order chi connectivity index (χ1) is 12.8. The van der Waals surface area contributed by atoms with Gasteiger partial charge < -0.3 is 0 Å². The lowest BCUT2D eigenvalue weighted by Gasteiger charge is -2.37. The highest BCUT2D eigenvalue weighted by molar-refractivity contribution is 7.90. The Bertz CT molecular complexity index is 1110. The average Bonchev–Trinajstić information content (AvgIpc) is 3.19. The Morgan fingerprint density at radius 2 is 1.96 bits per heavy atom. The van der Waals surface area contributed by atoms with Crippen LogP contribution in [0, 0.1) is 16.7 Å². The molecule has 3 fully saturated rings. The van der Waals surface area contributed by atoms with Gasteiger partial charge in [-0.25, -0.2) is 36.7 Å². The van der Waals surface area contributed by atoms with Crippen LogP contribution in [0.1, 0.15) is 46.1 Å². The largest absolute Gasteiger partial charge is 0.347 e. The molecule has 1 aromatic rings. The first kappa shape index (κ1) is 19.2. The molecule has 0 radical (unpaired) electrons. The molecule has 10 heteroatoms. The summed E-state index contributed by atoms with van der Waals surface area (Å²) in [7, 11) is -2.46. The zero-order chi connectivity index (χ0) is 20.8. The van der Waals surface area contributed by atoms with E-state index >= 15 is 0 Å². The average molecular weight is 410 g/mol. The minimum Gasteiger partial charge on any atom is -0.268 e. The maximum absolute atomic E-state index is 13.2. The molecule has 1 N–H and O–H groups in total. The maximum Gasteiger partial charge on any atom is 0.347 e. The van der Waals surface area contributed by atoms with E-state index in [1.807, 2.05) is 0 Å².